The van der Waals surface area contributed by atoms with E-state index in [9.17, 15) is 14.7 Å². The van der Waals surface area contributed by atoms with Gasteiger partial charge in [0.15, 0.2) is 0 Å². The van der Waals surface area contributed by atoms with E-state index in [0.717, 1.165) is 6.42 Å². The number of hydrogen-bond acceptors (Lipinski definition) is 3. The SMILES string of the molecule is CC1CCN(C(=O)CCNC(=O)c2ccccc2)CC1O. The minimum Gasteiger partial charge on any atom is -0.391 e. The van der Waals surface area contributed by atoms with Gasteiger partial charge in [-0.1, -0.05) is 25.1 Å². The molecule has 114 valence electrons. The van der Waals surface area contributed by atoms with Crippen molar-refractivity contribution < 1.29 is 14.7 Å². The number of rotatable bonds is 4. The van der Waals surface area contributed by atoms with Gasteiger partial charge in [0.25, 0.3) is 5.91 Å². The second-order valence-corrected chi connectivity index (χ2v) is 5.54. The van der Waals surface area contributed by atoms with Crippen LogP contribution in [0.4, 0.5) is 0 Å². The predicted octanol–water partition coefficient (Wildman–Crippen LogP) is 1.04. The van der Waals surface area contributed by atoms with Gasteiger partial charge in [-0.05, 0) is 24.5 Å². The first-order valence-electron chi connectivity index (χ1n) is 7.37. The van der Waals surface area contributed by atoms with Crippen LogP contribution in [-0.4, -0.2) is 47.6 Å². The van der Waals surface area contributed by atoms with Crippen molar-refractivity contribution in [3.05, 3.63) is 35.9 Å². The number of benzene rings is 1. The van der Waals surface area contributed by atoms with Crippen LogP contribution in [0.2, 0.25) is 0 Å². The van der Waals surface area contributed by atoms with Gasteiger partial charge in [0, 0.05) is 31.6 Å². The average Bonchev–Trinajstić information content (AvgIpc) is 2.50. The van der Waals surface area contributed by atoms with E-state index < -0.39 is 6.10 Å². The minimum absolute atomic E-state index is 0.0192. The molecule has 1 fully saturated rings. The topological polar surface area (TPSA) is 69.6 Å². The first kappa shape index (κ1) is 15.5. The molecule has 1 aromatic carbocycles. The van der Waals surface area contributed by atoms with Gasteiger partial charge in [-0.15, -0.1) is 0 Å². The molecule has 2 rings (SSSR count). The molecule has 1 heterocycles. The van der Waals surface area contributed by atoms with Gasteiger partial charge in [0.2, 0.25) is 5.91 Å². The van der Waals surface area contributed by atoms with E-state index in [1.807, 2.05) is 13.0 Å². The summed E-state index contributed by atoms with van der Waals surface area (Å²) >= 11 is 0. The third kappa shape index (κ3) is 4.29. The smallest absolute Gasteiger partial charge is 0.251 e. The Balaban J connectivity index is 1.73. The Bertz CT molecular complexity index is 490. The second-order valence-electron chi connectivity index (χ2n) is 5.54. The van der Waals surface area contributed by atoms with E-state index in [2.05, 4.69) is 5.32 Å². The van der Waals surface area contributed by atoms with Gasteiger partial charge in [-0.25, -0.2) is 0 Å². The maximum atomic E-state index is 12.0. The highest BCUT2D eigenvalue weighted by Gasteiger charge is 2.26. The second kappa shape index (κ2) is 7.22. The quantitative estimate of drug-likeness (QED) is 0.870. The highest BCUT2D eigenvalue weighted by molar-refractivity contribution is 5.94. The van der Waals surface area contributed by atoms with Gasteiger partial charge in [0.05, 0.1) is 6.10 Å². The molecule has 2 amide bonds. The number of nitrogens with one attached hydrogen (secondary N) is 1. The molecule has 0 radical (unpaired) electrons. The standard InChI is InChI=1S/C16H22N2O3/c1-12-8-10-18(11-14(12)19)15(20)7-9-17-16(21)13-5-3-2-4-6-13/h2-6,12,14,19H,7-11H2,1H3,(H,17,21). The predicted molar refractivity (Wildman–Crippen MR) is 79.8 cm³/mol. The highest BCUT2D eigenvalue weighted by atomic mass is 16.3. The average molecular weight is 290 g/mol. The summed E-state index contributed by atoms with van der Waals surface area (Å²) in [5.74, 6) is 0.0526. The molecule has 1 aliphatic rings. The Kier molecular flexibility index (Phi) is 5.33. The molecule has 1 aliphatic heterocycles. The molecule has 2 unspecified atom stereocenters. The van der Waals surface area contributed by atoms with E-state index in [0.29, 0.717) is 25.2 Å². The number of aliphatic hydroxyl groups excluding tert-OH is 1. The third-order valence-electron chi connectivity index (χ3n) is 3.93. The molecule has 1 aromatic rings. The Morgan fingerprint density at radius 2 is 2.05 bits per heavy atom. The van der Waals surface area contributed by atoms with Crippen molar-refractivity contribution in [1.29, 1.82) is 0 Å². The monoisotopic (exact) mass is 290 g/mol. The Morgan fingerprint density at radius 3 is 2.71 bits per heavy atom. The van der Waals surface area contributed by atoms with Crippen molar-refractivity contribution in [3.8, 4) is 0 Å². The van der Waals surface area contributed by atoms with Crippen LogP contribution in [0.25, 0.3) is 0 Å². The number of β-amino-alcohol motifs (C(OH)–C–C–N with tert-alkyl or cyclic N) is 1. The maximum absolute atomic E-state index is 12.0. The summed E-state index contributed by atoms with van der Waals surface area (Å²) < 4.78 is 0. The van der Waals surface area contributed by atoms with Crippen molar-refractivity contribution in [2.45, 2.75) is 25.9 Å². The summed E-state index contributed by atoms with van der Waals surface area (Å²) in [6.45, 7) is 3.39. The molecule has 5 nitrogen and oxygen atoms in total. The molecule has 5 heteroatoms. The fourth-order valence-corrected chi connectivity index (χ4v) is 2.41. The molecule has 0 spiro atoms. The molecule has 0 aliphatic carbocycles. The lowest BCUT2D eigenvalue weighted by Crippen LogP contribution is -2.46. The van der Waals surface area contributed by atoms with E-state index in [1.165, 1.54) is 0 Å². The van der Waals surface area contributed by atoms with Crippen molar-refractivity contribution in [3.63, 3.8) is 0 Å². The molecule has 2 N–H and O–H groups in total. The molecule has 0 bridgehead atoms. The summed E-state index contributed by atoms with van der Waals surface area (Å²) in [4.78, 5) is 25.5. The number of piperidine rings is 1. The van der Waals surface area contributed by atoms with Gasteiger partial charge in [-0.2, -0.15) is 0 Å². The molecule has 0 saturated carbocycles. The molecule has 0 aromatic heterocycles. The van der Waals surface area contributed by atoms with Crippen molar-refractivity contribution in [2.75, 3.05) is 19.6 Å². The number of likely N-dealkylation sites (tertiary alicyclic amines) is 1. The zero-order chi connectivity index (χ0) is 15.2. The molecule has 21 heavy (non-hydrogen) atoms. The maximum Gasteiger partial charge on any atom is 0.251 e. The van der Waals surface area contributed by atoms with Crippen LogP contribution in [0, 0.1) is 5.92 Å². The first-order valence-corrected chi connectivity index (χ1v) is 7.37. The Labute approximate surface area is 125 Å². The largest absolute Gasteiger partial charge is 0.391 e. The number of carbonyl (C=O) groups is 2. The van der Waals surface area contributed by atoms with Crippen molar-refractivity contribution in [2.24, 2.45) is 5.92 Å². The molecule has 1 saturated heterocycles. The summed E-state index contributed by atoms with van der Waals surface area (Å²) in [5, 5.41) is 12.5. The lowest BCUT2D eigenvalue weighted by Gasteiger charge is -2.34. The Morgan fingerprint density at radius 1 is 1.33 bits per heavy atom. The van der Waals surface area contributed by atoms with Crippen LogP contribution >= 0.6 is 0 Å². The summed E-state index contributed by atoms with van der Waals surface area (Å²) in [5.41, 5.74) is 0.590. The lowest BCUT2D eigenvalue weighted by molar-refractivity contribution is -0.135. The van der Waals surface area contributed by atoms with Gasteiger partial charge in [0.1, 0.15) is 0 Å². The number of hydrogen-bond donors (Lipinski definition) is 2. The van der Waals surface area contributed by atoms with E-state index in [4.69, 9.17) is 0 Å². The van der Waals surface area contributed by atoms with Gasteiger partial charge >= 0.3 is 0 Å². The van der Waals surface area contributed by atoms with E-state index in [-0.39, 0.29) is 24.2 Å². The number of carbonyl (C=O) groups excluding carboxylic acids is 2. The number of aliphatic hydroxyl groups is 1. The third-order valence-corrected chi connectivity index (χ3v) is 3.93. The fourth-order valence-electron chi connectivity index (χ4n) is 2.41. The zero-order valence-corrected chi connectivity index (χ0v) is 12.3. The first-order chi connectivity index (χ1) is 10.1. The highest BCUT2D eigenvalue weighted by Crippen LogP contribution is 2.17. The Hall–Kier alpha value is -1.88. The molecular weight excluding hydrogens is 268 g/mol. The van der Waals surface area contributed by atoms with Crippen molar-refractivity contribution >= 4 is 11.8 Å². The van der Waals surface area contributed by atoms with Crippen LogP contribution in [0.1, 0.15) is 30.1 Å². The van der Waals surface area contributed by atoms with Gasteiger partial charge in [-0.3, -0.25) is 9.59 Å². The van der Waals surface area contributed by atoms with Crippen LogP contribution in [0.15, 0.2) is 30.3 Å². The van der Waals surface area contributed by atoms with Crippen molar-refractivity contribution in [1.82, 2.24) is 10.2 Å². The molecule has 2 atom stereocenters. The number of amides is 2. The fraction of sp³-hybridized carbons (Fsp3) is 0.500. The van der Waals surface area contributed by atoms with E-state index in [1.54, 1.807) is 29.2 Å². The van der Waals surface area contributed by atoms with Crippen LogP contribution in [-0.2, 0) is 4.79 Å². The summed E-state index contributed by atoms with van der Waals surface area (Å²) in [6, 6.07) is 8.93. The summed E-state index contributed by atoms with van der Waals surface area (Å²) in [7, 11) is 0. The lowest BCUT2D eigenvalue weighted by atomic mass is 9.96. The molecular formula is C16H22N2O3. The van der Waals surface area contributed by atoms with E-state index >= 15 is 0 Å². The zero-order valence-electron chi connectivity index (χ0n) is 12.3. The normalized spacial score (nSPS) is 21.9. The summed E-state index contributed by atoms with van der Waals surface area (Å²) in [6.07, 6.45) is 0.643. The minimum atomic E-state index is -0.443. The van der Waals surface area contributed by atoms with Crippen LogP contribution < -0.4 is 5.32 Å². The number of nitrogens with zero attached hydrogens (tertiary/aromatic N) is 1. The van der Waals surface area contributed by atoms with Crippen LogP contribution in [0.3, 0.4) is 0 Å². The van der Waals surface area contributed by atoms with Crippen LogP contribution in [0.5, 0.6) is 0 Å². The van der Waals surface area contributed by atoms with Gasteiger partial charge < -0.3 is 15.3 Å².